The van der Waals surface area contributed by atoms with E-state index in [4.69, 9.17) is 11.5 Å². The Morgan fingerprint density at radius 3 is 2.55 bits per heavy atom. The second-order valence-corrected chi connectivity index (χ2v) is 7.23. The molecule has 1 amide bonds. The van der Waals surface area contributed by atoms with Gasteiger partial charge in [-0.05, 0) is 63.5 Å². The number of nitrogens with two attached hydrogens (primary N) is 2. The highest BCUT2D eigenvalue weighted by Gasteiger charge is 2.44. The molecule has 4 heteroatoms. The second-order valence-electron chi connectivity index (χ2n) is 7.23. The van der Waals surface area contributed by atoms with Gasteiger partial charge in [0.2, 0.25) is 5.91 Å². The minimum Gasteiger partial charge on any atom is -0.368 e. The van der Waals surface area contributed by atoms with Crippen molar-refractivity contribution >= 4 is 5.91 Å². The third-order valence-electron chi connectivity index (χ3n) is 5.15. The number of primary amides is 1. The maximum absolute atomic E-state index is 11.6. The Kier molecular flexibility index (Phi) is 5.08. The fourth-order valence-electron chi connectivity index (χ4n) is 3.49. The smallest absolute Gasteiger partial charge is 0.237 e. The summed E-state index contributed by atoms with van der Waals surface area (Å²) < 4.78 is 0. The number of rotatable bonds is 8. The van der Waals surface area contributed by atoms with Crippen LogP contribution in [0, 0.1) is 11.8 Å². The van der Waals surface area contributed by atoms with Crippen molar-refractivity contribution in [1.82, 2.24) is 4.90 Å². The molecule has 0 aromatic rings. The quantitative estimate of drug-likeness (QED) is 0.713. The zero-order chi connectivity index (χ0) is 14.8. The van der Waals surface area contributed by atoms with E-state index in [0.717, 1.165) is 44.2 Å². The zero-order valence-electron chi connectivity index (χ0n) is 13.1. The van der Waals surface area contributed by atoms with Crippen LogP contribution in [0.4, 0.5) is 0 Å². The van der Waals surface area contributed by atoms with Crippen LogP contribution in [0.5, 0.6) is 0 Å². The molecule has 0 saturated heterocycles. The number of nitrogens with zero attached hydrogens (tertiary/aromatic N) is 1. The minimum atomic E-state index is -0.743. The Labute approximate surface area is 123 Å². The minimum absolute atomic E-state index is 0.278. The maximum atomic E-state index is 11.6. The lowest BCUT2D eigenvalue weighted by atomic mass is 9.85. The van der Waals surface area contributed by atoms with Crippen LogP contribution in [-0.2, 0) is 4.79 Å². The molecule has 2 saturated carbocycles. The Bertz CT molecular complexity index is 341. The fraction of sp³-hybridized carbons (Fsp3) is 0.938. The summed E-state index contributed by atoms with van der Waals surface area (Å²) in [6.45, 7) is 6.82. The molecule has 2 rings (SSSR count). The van der Waals surface area contributed by atoms with E-state index in [2.05, 4.69) is 18.7 Å². The predicted octanol–water partition coefficient (Wildman–Crippen LogP) is 1.87. The average Bonchev–Trinajstić information content (AvgIpc) is 3.14. The van der Waals surface area contributed by atoms with Crippen LogP contribution in [-0.4, -0.2) is 35.5 Å². The molecule has 116 valence electrons. The van der Waals surface area contributed by atoms with E-state index < -0.39 is 5.54 Å². The molecule has 0 aromatic heterocycles. The van der Waals surface area contributed by atoms with Crippen LogP contribution in [0.15, 0.2) is 0 Å². The fourth-order valence-corrected chi connectivity index (χ4v) is 3.49. The van der Waals surface area contributed by atoms with Gasteiger partial charge < -0.3 is 16.4 Å². The summed E-state index contributed by atoms with van der Waals surface area (Å²) in [5.74, 6) is 0.724. The van der Waals surface area contributed by atoms with Crippen molar-refractivity contribution in [2.75, 3.05) is 13.1 Å². The lowest BCUT2D eigenvalue weighted by Gasteiger charge is -2.31. The first kappa shape index (κ1) is 15.8. The molecular weight excluding hydrogens is 250 g/mol. The van der Waals surface area contributed by atoms with E-state index in [1.165, 1.54) is 25.8 Å². The summed E-state index contributed by atoms with van der Waals surface area (Å²) in [6, 6.07) is 0.788. The Balaban J connectivity index is 1.84. The molecule has 4 nitrogen and oxygen atoms in total. The second kappa shape index (κ2) is 6.44. The highest BCUT2D eigenvalue weighted by Crippen LogP contribution is 2.37. The van der Waals surface area contributed by atoms with Gasteiger partial charge in [-0.1, -0.05) is 20.3 Å². The molecule has 20 heavy (non-hydrogen) atoms. The molecule has 2 fully saturated rings. The molecule has 2 aliphatic rings. The zero-order valence-corrected chi connectivity index (χ0v) is 13.1. The van der Waals surface area contributed by atoms with E-state index in [9.17, 15) is 4.79 Å². The van der Waals surface area contributed by atoms with Gasteiger partial charge in [-0.25, -0.2) is 0 Å². The van der Waals surface area contributed by atoms with Crippen LogP contribution in [0.25, 0.3) is 0 Å². The van der Waals surface area contributed by atoms with Crippen molar-refractivity contribution in [3.63, 3.8) is 0 Å². The number of carbonyl (C=O) groups excluding carboxylic acids is 1. The molecule has 2 aliphatic carbocycles. The average molecular weight is 281 g/mol. The predicted molar refractivity (Wildman–Crippen MR) is 82.1 cm³/mol. The van der Waals surface area contributed by atoms with Gasteiger partial charge in [-0.2, -0.15) is 0 Å². The van der Waals surface area contributed by atoms with E-state index in [1.54, 1.807) is 0 Å². The summed E-state index contributed by atoms with van der Waals surface area (Å²) in [5.41, 5.74) is 11.0. The first-order valence-corrected chi connectivity index (χ1v) is 8.26. The van der Waals surface area contributed by atoms with Crippen molar-refractivity contribution in [3.8, 4) is 0 Å². The Morgan fingerprint density at radius 1 is 1.30 bits per heavy atom. The van der Waals surface area contributed by atoms with Crippen molar-refractivity contribution in [2.45, 2.75) is 70.4 Å². The highest BCUT2D eigenvalue weighted by molar-refractivity contribution is 5.85. The largest absolute Gasteiger partial charge is 0.368 e. The molecule has 2 atom stereocenters. The van der Waals surface area contributed by atoms with Gasteiger partial charge in [0.15, 0.2) is 0 Å². The topological polar surface area (TPSA) is 72.3 Å². The third kappa shape index (κ3) is 3.73. The van der Waals surface area contributed by atoms with E-state index in [0.29, 0.717) is 0 Å². The van der Waals surface area contributed by atoms with Crippen molar-refractivity contribution in [3.05, 3.63) is 0 Å². The van der Waals surface area contributed by atoms with Crippen LogP contribution in [0.3, 0.4) is 0 Å². The molecule has 0 radical (unpaired) electrons. The van der Waals surface area contributed by atoms with Crippen molar-refractivity contribution in [1.29, 1.82) is 0 Å². The lowest BCUT2D eigenvalue weighted by molar-refractivity contribution is -0.124. The summed E-state index contributed by atoms with van der Waals surface area (Å²) in [7, 11) is 0. The van der Waals surface area contributed by atoms with Gasteiger partial charge in [-0.3, -0.25) is 4.79 Å². The normalized spacial score (nSPS) is 30.4. The highest BCUT2D eigenvalue weighted by atomic mass is 16.1. The third-order valence-corrected chi connectivity index (χ3v) is 5.15. The first-order chi connectivity index (χ1) is 9.43. The van der Waals surface area contributed by atoms with Gasteiger partial charge >= 0.3 is 0 Å². The van der Waals surface area contributed by atoms with Gasteiger partial charge in [0.25, 0.3) is 0 Å². The Morgan fingerprint density at radius 2 is 2.00 bits per heavy atom. The summed E-state index contributed by atoms with van der Waals surface area (Å²) in [4.78, 5) is 14.2. The summed E-state index contributed by atoms with van der Waals surface area (Å²) >= 11 is 0. The van der Waals surface area contributed by atoms with Crippen molar-refractivity contribution < 1.29 is 4.79 Å². The monoisotopic (exact) mass is 281 g/mol. The number of amides is 1. The molecule has 4 N–H and O–H groups in total. The molecule has 0 heterocycles. The molecule has 2 unspecified atom stereocenters. The van der Waals surface area contributed by atoms with Crippen LogP contribution < -0.4 is 11.5 Å². The number of hydrogen-bond acceptors (Lipinski definition) is 3. The standard InChI is InChI=1S/C16H31N3O/c1-12(2)7-10-19(14-5-6-14)11-8-13-4-3-9-16(13,18)15(17)20/h12-14H,3-11,18H2,1-2H3,(H2,17,20). The van der Waals surface area contributed by atoms with E-state index in [1.807, 2.05) is 0 Å². The van der Waals surface area contributed by atoms with Crippen LogP contribution >= 0.6 is 0 Å². The Hall–Kier alpha value is -0.610. The molecule has 0 bridgehead atoms. The number of hydrogen-bond donors (Lipinski definition) is 2. The van der Waals surface area contributed by atoms with Crippen LogP contribution in [0.2, 0.25) is 0 Å². The summed E-state index contributed by atoms with van der Waals surface area (Å²) in [5, 5.41) is 0. The van der Waals surface area contributed by atoms with Gasteiger partial charge in [-0.15, -0.1) is 0 Å². The molecular formula is C16H31N3O. The lowest BCUT2D eigenvalue weighted by Crippen LogP contribution is -2.55. The van der Waals surface area contributed by atoms with E-state index >= 15 is 0 Å². The van der Waals surface area contributed by atoms with Crippen LogP contribution in [0.1, 0.15) is 58.8 Å². The summed E-state index contributed by atoms with van der Waals surface area (Å²) in [6.07, 6.45) is 7.82. The maximum Gasteiger partial charge on any atom is 0.237 e. The molecule has 0 aromatic carbocycles. The van der Waals surface area contributed by atoms with E-state index in [-0.39, 0.29) is 11.8 Å². The SMILES string of the molecule is CC(C)CCN(CCC1CCCC1(N)C(N)=O)C1CC1. The number of carbonyl (C=O) groups is 1. The molecule has 0 spiro atoms. The van der Waals surface area contributed by atoms with Gasteiger partial charge in [0, 0.05) is 6.04 Å². The van der Waals surface area contributed by atoms with Gasteiger partial charge in [0.1, 0.15) is 0 Å². The van der Waals surface area contributed by atoms with Crippen molar-refractivity contribution in [2.24, 2.45) is 23.3 Å². The first-order valence-electron chi connectivity index (χ1n) is 8.26. The van der Waals surface area contributed by atoms with Gasteiger partial charge in [0.05, 0.1) is 5.54 Å². The molecule has 0 aliphatic heterocycles.